The number of carbonyl (C=O) groups excluding carboxylic acids is 1. The van der Waals surface area contributed by atoms with Crippen molar-refractivity contribution in [1.82, 2.24) is 9.80 Å². The Morgan fingerprint density at radius 1 is 0.900 bits per heavy atom. The highest BCUT2D eigenvalue weighted by Gasteiger charge is 2.11. The first-order chi connectivity index (χ1) is 9.67. The van der Waals surface area contributed by atoms with E-state index in [1.54, 1.807) is 4.90 Å². The molecule has 0 aromatic heterocycles. The molecule has 0 aliphatic heterocycles. The molecule has 0 spiro atoms. The first kappa shape index (κ1) is 19.3. The maximum absolute atomic E-state index is 11.7. The van der Waals surface area contributed by atoms with Crippen LogP contribution in [0.3, 0.4) is 0 Å². The van der Waals surface area contributed by atoms with E-state index in [4.69, 9.17) is 14.9 Å². The van der Waals surface area contributed by atoms with E-state index in [-0.39, 0.29) is 25.7 Å². The molecule has 0 heterocycles. The van der Waals surface area contributed by atoms with Crippen LogP contribution >= 0.6 is 0 Å². The van der Waals surface area contributed by atoms with E-state index in [9.17, 15) is 4.79 Å². The van der Waals surface area contributed by atoms with Crippen LogP contribution in [0.15, 0.2) is 0 Å². The predicted molar refractivity (Wildman–Crippen MR) is 78.6 cm³/mol. The molecule has 120 valence electrons. The van der Waals surface area contributed by atoms with Crippen molar-refractivity contribution in [2.75, 3.05) is 59.1 Å². The van der Waals surface area contributed by atoms with Crippen molar-refractivity contribution >= 4 is 5.97 Å². The largest absolute Gasteiger partial charge is 0.463 e. The van der Waals surface area contributed by atoms with Crippen molar-refractivity contribution in [1.29, 1.82) is 0 Å². The zero-order valence-electron chi connectivity index (χ0n) is 12.9. The second-order valence-corrected chi connectivity index (χ2v) is 4.79. The summed E-state index contributed by atoms with van der Waals surface area (Å²) < 4.78 is 5.20. The Hall–Kier alpha value is -0.690. The Morgan fingerprint density at radius 2 is 1.45 bits per heavy atom. The average Bonchev–Trinajstić information content (AvgIpc) is 2.39. The van der Waals surface area contributed by atoms with Gasteiger partial charge in [0.1, 0.15) is 6.61 Å². The van der Waals surface area contributed by atoms with Gasteiger partial charge in [-0.3, -0.25) is 14.6 Å². The van der Waals surface area contributed by atoms with Gasteiger partial charge in [-0.15, -0.1) is 0 Å². The zero-order chi connectivity index (χ0) is 15.2. The third kappa shape index (κ3) is 10.1. The van der Waals surface area contributed by atoms with Crippen LogP contribution in [0.25, 0.3) is 0 Å². The lowest BCUT2D eigenvalue weighted by Gasteiger charge is -2.22. The van der Waals surface area contributed by atoms with Gasteiger partial charge in [0, 0.05) is 19.6 Å². The molecule has 0 aromatic rings. The summed E-state index contributed by atoms with van der Waals surface area (Å²) in [7, 11) is 0. The van der Waals surface area contributed by atoms with Crippen molar-refractivity contribution in [2.24, 2.45) is 0 Å². The van der Waals surface area contributed by atoms with Gasteiger partial charge in [0.2, 0.25) is 0 Å². The number of carbonyl (C=O) groups is 1. The van der Waals surface area contributed by atoms with E-state index in [1.165, 1.54) is 0 Å². The predicted octanol–water partition coefficient (Wildman–Crippen LogP) is -0.0618. The van der Waals surface area contributed by atoms with E-state index in [1.807, 2.05) is 0 Å². The van der Waals surface area contributed by atoms with Crippen LogP contribution in [0.2, 0.25) is 0 Å². The van der Waals surface area contributed by atoms with Gasteiger partial charge in [-0.1, -0.05) is 13.8 Å². The van der Waals surface area contributed by atoms with Crippen LogP contribution in [0, 0.1) is 0 Å². The van der Waals surface area contributed by atoms with Crippen molar-refractivity contribution in [3.63, 3.8) is 0 Å². The molecule has 0 amide bonds. The Kier molecular flexibility index (Phi) is 12.8. The highest BCUT2D eigenvalue weighted by atomic mass is 16.5. The quantitative estimate of drug-likeness (QED) is 0.463. The van der Waals surface area contributed by atoms with Crippen LogP contribution < -0.4 is 0 Å². The molecule has 0 saturated carbocycles. The summed E-state index contributed by atoms with van der Waals surface area (Å²) in [5, 5.41) is 17.7. The molecule has 0 aliphatic rings. The molecule has 0 saturated heterocycles. The first-order valence-corrected chi connectivity index (χ1v) is 7.49. The summed E-state index contributed by atoms with van der Waals surface area (Å²) in [5.41, 5.74) is 0. The fraction of sp³-hybridized carbons (Fsp3) is 0.929. The second kappa shape index (κ2) is 13.3. The molecular formula is C14H30N2O4. The molecular weight excluding hydrogens is 260 g/mol. The lowest BCUT2D eigenvalue weighted by Crippen LogP contribution is -2.36. The van der Waals surface area contributed by atoms with Crippen LogP contribution in [0.4, 0.5) is 0 Å². The van der Waals surface area contributed by atoms with Gasteiger partial charge in [-0.25, -0.2) is 0 Å². The molecule has 0 aromatic carbocycles. The number of esters is 1. The summed E-state index contributed by atoms with van der Waals surface area (Å²) >= 11 is 0. The lowest BCUT2D eigenvalue weighted by molar-refractivity contribution is -0.145. The maximum Gasteiger partial charge on any atom is 0.320 e. The Bertz CT molecular complexity index is 227. The second-order valence-electron chi connectivity index (χ2n) is 4.79. The standard InChI is InChI=1S/C14H30N2O4/c1-3-5-15(6-4-2)9-12-20-14(19)13-16(7-10-17)8-11-18/h17-18H,3-13H2,1-2H3. The fourth-order valence-electron chi connectivity index (χ4n) is 2.04. The van der Waals surface area contributed by atoms with E-state index in [0.29, 0.717) is 19.7 Å². The van der Waals surface area contributed by atoms with Crippen molar-refractivity contribution in [2.45, 2.75) is 26.7 Å². The van der Waals surface area contributed by atoms with Gasteiger partial charge in [0.05, 0.1) is 19.8 Å². The first-order valence-electron chi connectivity index (χ1n) is 7.49. The minimum atomic E-state index is -0.306. The molecule has 0 bridgehead atoms. The molecule has 0 atom stereocenters. The maximum atomic E-state index is 11.7. The van der Waals surface area contributed by atoms with Gasteiger partial charge in [-0.05, 0) is 25.9 Å². The van der Waals surface area contributed by atoms with Gasteiger partial charge in [0.15, 0.2) is 0 Å². The zero-order valence-corrected chi connectivity index (χ0v) is 12.9. The third-order valence-electron chi connectivity index (χ3n) is 2.94. The van der Waals surface area contributed by atoms with Crippen molar-refractivity contribution in [3.8, 4) is 0 Å². The molecule has 6 heteroatoms. The van der Waals surface area contributed by atoms with Crippen molar-refractivity contribution in [3.05, 3.63) is 0 Å². The number of hydrogen-bond acceptors (Lipinski definition) is 6. The van der Waals surface area contributed by atoms with Gasteiger partial charge < -0.3 is 14.9 Å². The number of aliphatic hydroxyl groups is 2. The summed E-state index contributed by atoms with van der Waals surface area (Å²) in [6.45, 7) is 8.25. The number of aliphatic hydroxyl groups excluding tert-OH is 2. The number of rotatable bonds is 13. The molecule has 0 radical (unpaired) electrons. The monoisotopic (exact) mass is 290 g/mol. The molecule has 0 aliphatic carbocycles. The van der Waals surface area contributed by atoms with Crippen LogP contribution in [-0.2, 0) is 9.53 Å². The molecule has 20 heavy (non-hydrogen) atoms. The normalized spacial score (nSPS) is 11.3. The Morgan fingerprint density at radius 3 is 1.90 bits per heavy atom. The SMILES string of the molecule is CCCN(CCC)CCOC(=O)CN(CCO)CCO. The number of hydrogen-bond donors (Lipinski definition) is 2. The van der Waals surface area contributed by atoms with E-state index >= 15 is 0 Å². The molecule has 0 rings (SSSR count). The Labute approximate surface area is 122 Å². The molecule has 2 N–H and O–H groups in total. The van der Waals surface area contributed by atoms with E-state index in [0.717, 1.165) is 32.5 Å². The van der Waals surface area contributed by atoms with E-state index < -0.39 is 0 Å². The van der Waals surface area contributed by atoms with Gasteiger partial charge in [-0.2, -0.15) is 0 Å². The summed E-state index contributed by atoms with van der Waals surface area (Å²) in [5.74, 6) is -0.306. The molecule has 6 nitrogen and oxygen atoms in total. The highest BCUT2D eigenvalue weighted by Crippen LogP contribution is 1.95. The summed E-state index contributed by atoms with van der Waals surface area (Å²) in [6.07, 6.45) is 2.18. The minimum absolute atomic E-state index is 0.0337. The Balaban J connectivity index is 3.89. The van der Waals surface area contributed by atoms with Crippen LogP contribution in [0.5, 0.6) is 0 Å². The third-order valence-corrected chi connectivity index (χ3v) is 2.94. The van der Waals surface area contributed by atoms with Gasteiger partial charge >= 0.3 is 5.97 Å². The number of nitrogens with zero attached hydrogens (tertiary/aromatic N) is 2. The molecule has 0 unspecified atom stereocenters. The smallest absolute Gasteiger partial charge is 0.320 e. The van der Waals surface area contributed by atoms with E-state index in [2.05, 4.69) is 18.7 Å². The minimum Gasteiger partial charge on any atom is -0.463 e. The fourth-order valence-corrected chi connectivity index (χ4v) is 2.04. The summed E-state index contributed by atoms with van der Waals surface area (Å²) in [6, 6.07) is 0. The highest BCUT2D eigenvalue weighted by molar-refractivity contribution is 5.71. The van der Waals surface area contributed by atoms with Crippen LogP contribution in [-0.4, -0.2) is 85.1 Å². The van der Waals surface area contributed by atoms with Crippen LogP contribution in [0.1, 0.15) is 26.7 Å². The molecule has 0 fully saturated rings. The van der Waals surface area contributed by atoms with Gasteiger partial charge in [0.25, 0.3) is 0 Å². The van der Waals surface area contributed by atoms with Crippen molar-refractivity contribution < 1.29 is 19.7 Å². The summed E-state index contributed by atoms with van der Waals surface area (Å²) in [4.78, 5) is 15.6. The number of ether oxygens (including phenoxy) is 1. The lowest BCUT2D eigenvalue weighted by atomic mass is 10.3. The topological polar surface area (TPSA) is 73.2 Å². The average molecular weight is 290 g/mol.